The van der Waals surface area contributed by atoms with E-state index >= 15 is 0 Å². The van der Waals surface area contributed by atoms with Gasteiger partial charge in [0.05, 0.1) is 15.3 Å². The van der Waals surface area contributed by atoms with Gasteiger partial charge in [-0.25, -0.2) is 0 Å². The molecule has 0 radical (unpaired) electrons. The maximum atomic E-state index is 3.42. The van der Waals surface area contributed by atoms with E-state index in [4.69, 9.17) is 0 Å². The second-order valence-electron chi connectivity index (χ2n) is 6.16. The Morgan fingerprint density at radius 3 is 2.09 bits per heavy atom. The number of allylic oxidation sites excluding steroid dienone is 3. The lowest BCUT2D eigenvalue weighted by molar-refractivity contribution is 1.81. The van der Waals surface area contributed by atoms with Gasteiger partial charge >= 0.3 is 0 Å². The van der Waals surface area contributed by atoms with Crippen LogP contribution >= 0.6 is 22.7 Å². The van der Waals surface area contributed by atoms with Gasteiger partial charge in [0.25, 0.3) is 0 Å². The highest BCUT2D eigenvalue weighted by atomic mass is 32.1. The molecule has 0 atom stereocenters. The van der Waals surface area contributed by atoms with Gasteiger partial charge in [-0.2, -0.15) is 0 Å². The summed E-state index contributed by atoms with van der Waals surface area (Å²) < 4.78 is 0. The summed E-state index contributed by atoms with van der Waals surface area (Å²) in [5.74, 6) is 9.67. The van der Waals surface area contributed by atoms with Crippen molar-refractivity contribution in [3.05, 3.63) is 63.6 Å². The molecule has 0 bridgehead atoms. The van der Waals surface area contributed by atoms with Crippen LogP contribution in [0.1, 0.15) is 9.75 Å². The second kappa shape index (κ2) is 6.63. The van der Waals surface area contributed by atoms with Crippen LogP contribution in [0.5, 0.6) is 0 Å². The van der Waals surface area contributed by atoms with Crippen molar-refractivity contribution in [3.63, 3.8) is 0 Å². The molecule has 3 heteroatoms. The highest BCUT2D eigenvalue weighted by molar-refractivity contribution is 7.22. The lowest BCUT2D eigenvalue weighted by atomic mass is 10.3. The molecule has 0 fully saturated rings. The van der Waals surface area contributed by atoms with Crippen molar-refractivity contribution in [2.75, 3.05) is 0 Å². The van der Waals surface area contributed by atoms with Crippen molar-refractivity contribution in [1.29, 1.82) is 0 Å². The van der Waals surface area contributed by atoms with Crippen LogP contribution in [0, 0.1) is 23.3 Å². The molecule has 112 valence electrons. The molecular weight excluding hydrogens is 332 g/mol. The highest BCUT2D eigenvalue weighted by Gasteiger charge is 2.08. The zero-order chi connectivity index (χ0) is 16.3. The van der Waals surface area contributed by atoms with E-state index in [1.807, 2.05) is 18.2 Å². The highest BCUT2D eigenvalue weighted by Crippen LogP contribution is 2.33. The fourth-order valence-corrected chi connectivity index (χ4v) is 4.27. The molecular formula is C20H16S2Si. The van der Waals surface area contributed by atoms with Crippen LogP contribution in [0.15, 0.2) is 53.8 Å². The Morgan fingerprint density at radius 1 is 0.870 bits per heavy atom. The van der Waals surface area contributed by atoms with Gasteiger partial charge in [0.1, 0.15) is 8.07 Å². The van der Waals surface area contributed by atoms with Gasteiger partial charge in [0.15, 0.2) is 0 Å². The minimum Gasteiger partial charge on any atom is -0.126 e. The van der Waals surface area contributed by atoms with Crippen LogP contribution in [0.2, 0.25) is 19.6 Å². The van der Waals surface area contributed by atoms with Crippen LogP contribution in [0.4, 0.5) is 0 Å². The Morgan fingerprint density at radius 2 is 1.52 bits per heavy atom. The van der Waals surface area contributed by atoms with Crippen LogP contribution in [-0.2, 0) is 0 Å². The van der Waals surface area contributed by atoms with Crippen molar-refractivity contribution < 1.29 is 0 Å². The monoisotopic (exact) mass is 348 g/mol. The van der Waals surface area contributed by atoms with E-state index < -0.39 is 8.07 Å². The van der Waals surface area contributed by atoms with Crippen molar-refractivity contribution in [1.82, 2.24) is 0 Å². The zero-order valence-corrected chi connectivity index (χ0v) is 16.0. The predicted molar refractivity (Wildman–Crippen MR) is 105 cm³/mol. The lowest BCUT2D eigenvalue weighted by Crippen LogP contribution is -2.16. The summed E-state index contributed by atoms with van der Waals surface area (Å²) in [6.07, 6.45) is 5.82. The molecule has 0 nitrogen and oxygen atoms in total. The number of hydrogen-bond acceptors (Lipinski definition) is 2. The first-order chi connectivity index (χ1) is 11.0. The Bertz CT molecular complexity index is 947. The van der Waals surface area contributed by atoms with Gasteiger partial charge in [-0.15, -0.1) is 33.9 Å². The minimum absolute atomic E-state index is 0.944. The maximum Gasteiger partial charge on any atom is 0.129 e. The van der Waals surface area contributed by atoms with Crippen molar-refractivity contribution in [2.24, 2.45) is 0 Å². The molecule has 23 heavy (non-hydrogen) atoms. The third-order valence-electron chi connectivity index (χ3n) is 2.93. The average Bonchev–Trinajstić information content (AvgIpc) is 3.22. The summed E-state index contributed by atoms with van der Waals surface area (Å²) in [5, 5.41) is 0. The Labute approximate surface area is 146 Å². The summed E-state index contributed by atoms with van der Waals surface area (Å²) in [5.41, 5.74) is 7.46. The SMILES string of the molecule is C[Si](C)(C)C#Cc1ccc(-c2ccc(C#CC3=C=CC=C3)s2)s1. The molecule has 3 rings (SSSR count). The first-order valence-corrected chi connectivity index (χ1v) is 12.5. The maximum absolute atomic E-state index is 3.42. The standard InChI is InChI=1S/C20H16S2Si/c1-23(2,3)15-14-18-11-13-20(22-18)19-12-10-17(21-19)9-8-16-6-4-5-7-16/h4-6,10-13H,1-3H3. The summed E-state index contributed by atoms with van der Waals surface area (Å²) in [6, 6.07) is 8.51. The lowest BCUT2D eigenvalue weighted by Gasteiger charge is -2.02. The van der Waals surface area contributed by atoms with E-state index in [0.29, 0.717) is 0 Å². The molecule has 0 spiro atoms. The van der Waals surface area contributed by atoms with E-state index in [1.165, 1.54) is 9.75 Å². The van der Waals surface area contributed by atoms with E-state index in [2.05, 4.69) is 72.9 Å². The molecule has 0 saturated heterocycles. The first kappa shape index (κ1) is 15.9. The largest absolute Gasteiger partial charge is 0.129 e. The summed E-state index contributed by atoms with van der Waals surface area (Å²) in [6.45, 7) is 6.80. The Balaban J connectivity index is 1.78. The van der Waals surface area contributed by atoms with Crippen LogP contribution in [0.25, 0.3) is 9.75 Å². The van der Waals surface area contributed by atoms with Gasteiger partial charge < -0.3 is 0 Å². The molecule has 0 amide bonds. The minimum atomic E-state index is -1.32. The van der Waals surface area contributed by atoms with Gasteiger partial charge in [-0.1, -0.05) is 43.5 Å². The molecule has 0 saturated carbocycles. The van der Waals surface area contributed by atoms with Crippen LogP contribution < -0.4 is 0 Å². The van der Waals surface area contributed by atoms with E-state index in [0.717, 1.165) is 15.3 Å². The second-order valence-corrected chi connectivity index (χ2v) is 13.1. The van der Waals surface area contributed by atoms with E-state index in [9.17, 15) is 0 Å². The number of thiophene rings is 2. The zero-order valence-electron chi connectivity index (χ0n) is 13.4. The van der Waals surface area contributed by atoms with Crippen molar-refractivity contribution in [3.8, 4) is 33.1 Å². The van der Waals surface area contributed by atoms with Gasteiger partial charge in [-0.05, 0) is 36.4 Å². The molecule has 2 aromatic rings. The molecule has 0 N–H and O–H groups in total. The number of rotatable bonds is 1. The van der Waals surface area contributed by atoms with E-state index in [1.54, 1.807) is 22.7 Å². The normalized spacial score (nSPS) is 12.4. The molecule has 0 aliphatic heterocycles. The third-order valence-corrected chi connectivity index (χ3v) is 6.01. The smallest absolute Gasteiger partial charge is 0.126 e. The van der Waals surface area contributed by atoms with Crippen molar-refractivity contribution in [2.45, 2.75) is 19.6 Å². The van der Waals surface area contributed by atoms with Crippen LogP contribution in [-0.4, -0.2) is 8.07 Å². The predicted octanol–water partition coefficient (Wildman–Crippen LogP) is 5.71. The van der Waals surface area contributed by atoms with E-state index in [-0.39, 0.29) is 0 Å². The summed E-state index contributed by atoms with van der Waals surface area (Å²) in [4.78, 5) is 4.75. The third kappa shape index (κ3) is 4.49. The van der Waals surface area contributed by atoms with Gasteiger partial charge in [0.2, 0.25) is 0 Å². The Kier molecular flexibility index (Phi) is 4.58. The molecule has 2 heterocycles. The quantitative estimate of drug-likeness (QED) is 0.352. The molecule has 1 aliphatic carbocycles. The summed E-state index contributed by atoms with van der Waals surface area (Å²) >= 11 is 3.49. The average molecular weight is 349 g/mol. The molecule has 0 aromatic carbocycles. The molecule has 1 aliphatic rings. The molecule has 0 unspecified atom stereocenters. The first-order valence-electron chi connectivity index (χ1n) is 7.38. The summed E-state index contributed by atoms with van der Waals surface area (Å²) in [7, 11) is -1.32. The number of hydrogen-bond donors (Lipinski definition) is 0. The fraction of sp³-hybridized carbons (Fsp3) is 0.150. The van der Waals surface area contributed by atoms with Gasteiger partial charge in [0, 0.05) is 9.75 Å². The molecule has 2 aromatic heterocycles. The Hall–Kier alpha value is -2.00. The topological polar surface area (TPSA) is 0 Å². The van der Waals surface area contributed by atoms with Crippen molar-refractivity contribution >= 4 is 30.7 Å². The van der Waals surface area contributed by atoms with Gasteiger partial charge in [-0.3, -0.25) is 0 Å². The fourth-order valence-electron chi connectivity index (χ4n) is 1.86. The van der Waals surface area contributed by atoms with Crippen LogP contribution in [0.3, 0.4) is 0 Å².